The molecule has 5 N–H and O–H groups in total. The predicted molar refractivity (Wildman–Crippen MR) is 123 cm³/mol. The summed E-state index contributed by atoms with van der Waals surface area (Å²) in [5.74, 6) is 2.69. The fourth-order valence-corrected chi connectivity index (χ4v) is 9.05. The molecule has 4 fully saturated rings. The third-order valence-corrected chi connectivity index (χ3v) is 10.8. The van der Waals surface area contributed by atoms with E-state index in [1.165, 1.54) is 25.7 Å². The Labute approximate surface area is 188 Å². The molecule has 5 heteroatoms. The van der Waals surface area contributed by atoms with Gasteiger partial charge in [0, 0.05) is 19.5 Å². The molecule has 10 unspecified atom stereocenters. The van der Waals surface area contributed by atoms with Crippen LogP contribution in [0.15, 0.2) is 0 Å². The van der Waals surface area contributed by atoms with Crippen LogP contribution in [0.3, 0.4) is 0 Å². The van der Waals surface area contributed by atoms with E-state index < -0.39 is 0 Å². The molecule has 4 aliphatic rings. The highest BCUT2D eigenvalue weighted by Gasteiger charge is 2.65. The molecule has 5 nitrogen and oxygen atoms in total. The normalized spacial score (nSPS) is 47.7. The maximum atomic E-state index is 12.1. The molecule has 0 aliphatic heterocycles. The van der Waals surface area contributed by atoms with E-state index in [4.69, 9.17) is 5.73 Å². The van der Waals surface area contributed by atoms with Crippen LogP contribution in [-0.2, 0) is 4.79 Å². The number of aliphatic hydroxyl groups is 2. The number of aliphatic hydroxyl groups excluding tert-OH is 2. The van der Waals surface area contributed by atoms with Crippen LogP contribution in [0, 0.1) is 46.3 Å². The van der Waals surface area contributed by atoms with Crippen LogP contribution in [0.5, 0.6) is 0 Å². The van der Waals surface area contributed by atoms with Gasteiger partial charge in [-0.25, -0.2) is 0 Å². The van der Waals surface area contributed by atoms with Gasteiger partial charge in [0.15, 0.2) is 0 Å². The maximum absolute atomic E-state index is 12.1. The van der Waals surface area contributed by atoms with E-state index >= 15 is 0 Å². The van der Waals surface area contributed by atoms with Crippen LogP contribution >= 0.6 is 0 Å². The van der Waals surface area contributed by atoms with Crippen LogP contribution in [-0.4, -0.2) is 41.4 Å². The molecule has 0 aromatic carbocycles. The van der Waals surface area contributed by atoms with E-state index in [1.54, 1.807) is 0 Å². The largest absolute Gasteiger partial charge is 0.393 e. The van der Waals surface area contributed by atoms with Crippen molar-refractivity contribution < 1.29 is 15.0 Å². The van der Waals surface area contributed by atoms with Crippen LogP contribution in [0.25, 0.3) is 0 Å². The number of rotatable bonds is 6. The fraction of sp³-hybridized carbons (Fsp3) is 0.962. The second-order valence-corrected chi connectivity index (χ2v) is 12.0. The Bertz CT molecular complexity index is 657. The van der Waals surface area contributed by atoms with Gasteiger partial charge in [0.1, 0.15) is 0 Å². The van der Waals surface area contributed by atoms with Crippen molar-refractivity contribution >= 4 is 5.91 Å². The Kier molecular flexibility index (Phi) is 6.78. The van der Waals surface area contributed by atoms with E-state index in [9.17, 15) is 15.0 Å². The number of carbonyl (C=O) groups is 1. The van der Waals surface area contributed by atoms with Gasteiger partial charge in [0.05, 0.1) is 12.2 Å². The van der Waals surface area contributed by atoms with Crippen LogP contribution < -0.4 is 11.1 Å². The smallest absolute Gasteiger partial charge is 0.220 e. The second kappa shape index (κ2) is 8.95. The van der Waals surface area contributed by atoms with E-state index in [2.05, 4.69) is 26.1 Å². The molecule has 0 spiro atoms. The Morgan fingerprint density at radius 1 is 1.13 bits per heavy atom. The summed E-state index contributed by atoms with van der Waals surface area (Å²) < 4.78 is 0. The zero-order valence-corrected chi connectivity index (χ0v) is 20.0. The van der Waals surface area contributed by atoms with Gasteiger partial charge < -0.3 is 21.3 Å². The summed E-state index contributed by atoms with van der Waals surface area (Å²) in [5.41, 5.74) is 5.63. The lowest BCUT2D eigenvalue weighted by molar-refractivity contribution is -0.201. The Balaban J connectivity index is 1.51. The molecule has 0 bridgehead atoms. The molecule has 0 radical (unpaired) electrons. The van der Waals surface area contributed by atoms with Crippen molar-refractivity contribution in [1.29, 1.82) is 0 Å². The lowest BCUT2D eigenvalue weighted by atomic mass is 9.43. The van der Waals surface area contributed by atoms with E-state index in [0.717, 1.165) is 32.1 Å². The topological polar surface area (TPSA) is 95.6 Å². The predicted octanol–water partition coefficient (Wildman–Crippen LogP) is 3.47. The SMILES string of the molecule is CC(CCC(=O)NCCN)C1CCC2C3C(O)CC4CCCCC4(C)C3CC(O)C12C. The standard InChI is InChI=1S/C26H46N2O3/c1-16(7-10-23(31)28-13-12-27)18-8-9-19-24-20(15-22(30)26(18,19)3)25(2)11-5-4-6-17(25)14-21(24)29/h16-22,24,29-30H,4-15,27H2,1-3H3,(H,28,31). The van der Waals surface area contributed by atoms with Gasteiger partial charge in [0.25, 0.3) is 0 Å². The minimum atomic E-state index is -0.301. The summed E-state index contributed by atoms with van der Waals surface area (Å²) in [4.78, 5) is 12.1. The molecule has 10 atom stereocenters. The number of nitrogens with two attached hydrogens (primary N) is 1. The van der Waals surface area contributed by atoms with Crippen molar-refractivity contribution in [1.82, 2.24) is 5.32 Å². The zero-order valence-electron chi connectivity index (χ0n) is 20.0. The Hall–Kier alpha value is -0.650. The van der Waals surface area contributed by atoms with Crippen molar-refractivity contribution in [2.45, 2.75) is 97.2 Å². The van der Waals surface area contributed by atoms with Crippen LogP contribution in [0.2, 0.25) is 0 Å². The monoisotopic (exact) mass is 434 g/mol. The molecule has 0 heterocycles. The third-order valence-electron chi connectivity index (χ3n) is 10.8. The van der Waals surface area contributed by atoms with Crippen molar-refractivity contribution in [3.05, 3.63) is 0 Å². The molecule has 0 aromatic rings. The Morgan fingerprint density at radius 3 is 2.65 bits per heavy atom. The summed E-state index contributed by atoms with van der Waals surface area (Å²) in [6, 6.07) is 0. The molecule has 31 heavy (non-hydrogen) atoms. The summed E-state index contributed by atoms with van der Waals surface area (Å²) in [6.07, 6.45) is 10.0. The molecule has 1 amide bonds. The van der Waals surface area contributed by atoms with Crippen molar-refractivity contribution in [3.63, 3.8) is 0 Å². The summed E-state index contributed by atoms with van der Waals surface area (Å²) in [7, 11) is 0. The first-order chi connectivity index (χ1) is 14.7. The number of fused-ring (bicyclic) bond motifs is 5. The summed E-state index contributed by atoms with van der Waals surface area (Å²) >= 11 is 0. The zero-order chi connectivity index (χ0) is 22.4. The number of hydrogen-bond acceptors (Lipinski definition) is 4. The van der Waals surface area contributed by atoms with Crippen molar-refractivity contribution in [2.75, 3.05) is 13.1 Å². The number of amides is 1. The molecule has 0 saturated heterocycles. The van der Waals surface area contributed by atoms with Gasteiger partial charge in [-0.05, 0) is 91.3 Å². The number of hydrogen-bond donors (Lipinski definition) is 4. The second-order valence-electron chi connectivity index (χ2n) is 12.0. The summed E-state index contributed by atoms with van der Waals surface area (Å²) in [6.45, 7) is 8.06. The minimum Gasteiger partial charge on any atom is -0.393 e. The lowest BCUT2D eigenvalue weighted by Gasteiger charge is -2.63. The third kappa shape index (κ3) is 3.87. The van der Waals surface area contributed by atoms with E-state index in [-0.39, 0.29) is 28.9 Å². The molecule has 4 rings (SSSR count). The highest BCUT2D eigenvalue weighted by atomic mass is 16.3. The van der Waals surface area contributed by atoms with Crippen LogP contribution in [0.4, 0.5) is 0 Å². The molecular weight excluding hydrogens is 388 g/mol. The minimum absolute atomic E-state index is 0.0835. The highest BCUT2D eigenvalue weighted by Crippen LogP contribution is 2.68. The maximum Gasteiger partial charge on any atom is 0.220 e. The first kappa shape index (κ1) is 23.5. The van der Waals surface area contributed by atoms with Crippen molar-refractivity contribution in [3.8, 4) is 0 Å². The van der Waals surface area contributed by atoms with Gasteiger partial charge in [-0.15, -0.1) is 0 Å². The van der Waals surface area contributed by atoms with Crippen molar-refractivity contribution in [2.24, 2.45) is 52.1 Å². The molecule has 4 saturated carbocycles. The summed E-state index contributed by atoms with van der Waals surface area (Å²) in [5, 5.41) is 25.8. The quantitative estimate of drug-likeness (QED) is 0.515. The number of nitrogens with one attached hydrogen (secondary N) is 1. The fourth-order valence-electron chi connectivity index (χ4n) is 9.05. The average molecular weight is 435 g/mol. The number of carbonyl (C=O) groups excluding carboxylic acids is 1. The molecule has 0 aromatic heterocycles. The Morgan fingerprint density at radius 2 is 1.90 bits per heavy atom. The van der Waals surface area contributed by atoms with Crippen LogP contribution in [0.1, 0.15) is 85.0 Å². The van der Waals surface area contributed by atoms with E-state index in [0.29, 0.717) is 55.0 Å². The highest BCUT2D eigenvalue weighted by molar-refractivity contribution is 5.75. The first-order valence-corrected chi connectivity index (χ1v) is 13.1. The van der Waals surface area contributed by atoms with E-state index in [1.807, 2.05) is 0 Å². The molecular formula is C26H46N2O3. The molecule has 178 valence electrons. The van der Waals surface area contributed by atoms with Gasteiger partial charge in [-0.1, -0.05) is 33.6 Å². The van der Waals surface area contributed by atoms with Gasteiger partial charge in [-0.2, -0.15) is 0 Å². The lowest BCUT2D eigenvalue weighted by Crippen LogP contribution is -2.61. The van der Waals surface area contributed by atoms with Gasteiger partial charge >= 0.3 is 0 Å². The average Bonchev–Trinajstić information content (AvgIpc) is 3.10. The van der Waals surface area contributed by atoms with Gasteiger partial charge in [0.2, 0.25) is 5.91 Å². The first-order valence-electron chi connectivity index (χ1n) is 13.1. The molecule has 4 aliphatic carbocycles. The van der Waals surface area contributed by atoms with Gasteiger partial charge in [-0.3, -0.25) is 4.79 Å².